The molecule has 0 saturated heterocycles. The average molecular weight is 364 g/mol. The topological polar surface area (TPSA) is 51.7 Å². The summed E-state index contributed by atoms with van der Waals surface area (Å²) < 4.78 is 10.8. The van der Waals surface area contributed by atoms with Crippen LogP contribution in [-0.2, 0) is 11.3 Å². The Morgan fingerprint density at radius 3 is 2.70 bits per heavy atom. The first-order valence-corrected chi connectivity index (χ1v) is 8.90. The molecule has 1 atom stereocenters. The van der Waals surface area contributed by atoms with Crippen molar-refractivity contribution in [3.05, 3.63) is 71.9 Å². The number of hydrogen-bond acceptors (Lipinski definition) is 4. The van der Waals surface area contributed by atoms with Crippen LogP contribution in [0.5, 0.6) is 5.75 Å². The SMILES string of the molecule is COC[C@H](C)N(Cc1ccccc1OC)C(=O)c1ccc2ncccc2c1. The molecule has 0 spiro atoms. The summed E-state index contributed by atoms with van der Waals surface area (Å²) in [7, 11) is 3.28. The van der Waals surface area contributed by atoms with Gasteiger partial charge in [0.15, 0.2) is 0 Å². The van der Waals surface area contributed by atoms with E-state index in [1.54, 1.807) is 20.4 Å². The van der Waals surface area contributed by atoms with Gasteiger partial charge in [0.05, 0.1) is 31.8 Å². The molecule has 3 aromatic rings. The maximum atomic E-state index is 13.3. The molecular formula is C22H24N2O3. The predicted octanol–water partition coefficient (Wildman–Crippen LogP) is 3.92. The highest BCUT2D eigenvalue weighted by molar-refractivity contribution is 5.98. The van der Waals surface area contributed by atoms with Gasteiger partial charge in [0.1, 0.15) is 5.75 Å². The van der Waals surface area contributed by atoms with Gasteiger partial charge < -0.3 is 14.4 Å². The molecule has 5 heteroatoms. The van der Waals surface area contributed by atoms with Crippen LogP contribution >= 0.6 is 0 Å². The van der Waals surface area contributed by atoms with Crippen LogP contribution in [-0.4, -0.2) is 42.7 Å². The Hall–Kier alpha value is -2.92. The third-order valence-corrected chi connectivity index (χ3v) is 4.58. The van der Waals surface area contributed by atoms with Gasteiger partial charge in [-0.05, 0) is 37.3 Å². The standard InChI is InChI=1S/C22H24N2O3/c1-16(15-26-2)24(14-19-7-4-5-9-21(19)27-3)22(25)18-10-11-20-17(13-18)8-6-12-23-20/h4-13,16H,14-15H2,1-3H3/t16-/m0/s1. The molecule has 0 bridgehead atoms. The summed E-state index contributed by atoms with van der Waals surface area (Å²) in [4.78, 5) is 19.5. The summed E-state index contributed by atoms with van der Waals surface area (Å²) in [5.41, 5.74) is 2.46. The summed E-state index contributed by atoms with van der Waals surface area (Å²) >= 11 is 0. The lowest BCUT2D eigenvalue weighted by atomic mass is 10.1. The second-order valence-electron chi connectivity index (χ2n) is 6.46. The van der Waals surface area contributed by atoms with Gasteiger partial charge >= 0.3 is 0 Å². The molecule has 1 aromatic heterocycles. The van der Waals surface area contributed by atoms with Gasteiger partial charge in [-0.3, -0.25) is 9.78 Å². The maximum absolute atomic E-state index is 13.3. The second-order valence-corrected chi connectivity index (χ2v) is 6.46. The predicted molar refractivity (Wildman–Crippen MR) is 106 cm³/mol. The number of hydrogen-bond donors (Lipinski definition) is 0. The fraction of sp³-hybridized carbons (Fsp3) is 0.273. The van der Waals surface area contributed by atoms with Crippen LogP contribution in [0.2, 0.25) is 0 Å². The van der Waals surface area contributed by atoms with Gasteiger partial charge in [0.2, 0.25) is 0 Å². The highest BCUT2D eigenvalue weighted by Gasteiger charge is 2.23. The van der Waals surface area contributed by atoms with Crippen molar-refractivity contribution in [2.45, 2.75) is 19.5 Å². The molecular weight excluding hydrogens is 340 g/mol. The van der Waals surface area contributed by atoms with Crippen LogP contribution < -0.4 is 4.74 Å². The number of fused-ring (bicyclic) bond motifs is 1. The number of para-hydroxylation sites is 1. The van der Waals surface area contributed by atoms with Crippen LogP contribution in [0, 0.1) is 0 Å². The van der Waals surface area contributed by atoms with E-state index < -0.39 is 0 Å². The van der Waals surface area contributed by atoms with Crippen LogP contribution in [0.15, 0.2) is 60.8 Å². The lowest BCUT2D eigenvalue weighted by molar-refractivity contribution is 0.0540. The van der Waals surface area contributed by atoms with Crippen LogP contribution in [0.25, 0.3) is 10.9 Å². The van der Waals surface area contributed by atoms with E-state index in [4.69, 9.17) is 9.47 Å². The Bertz CT molecular complexity index is 926. The van der Waals surface area contributed by atoms with E-state index in [2.05, 4.69) is 4.98 Å². The van der Waals surface area contributed by atoms with E-state index in [1.165, 1.54) is 0 Å². The Morgan fingerprint density at radius 1 is 1.11 bits per heavy atom. The number of carbonyl (C=O) groups excluding carboxylic acids is 1. The third-order valence-electron chi connectivity index (χ3n) is 4.58. The summed E-state index contributed by atoms with van der Waals surface area (Å²) in [5.74, 6) is 0.721. The molecule has 2 aromatic carbocycles. The van der Waals surface area contributed by atoms with Crippen molar-refractivity contribution >= 4 is 16.8 Å². The van der Waals surface area contributed by atoms with Crippen LogP contribution in [0.1, 0.15) is 22.8 Å². The minimum Gasteiger partial charge on any atom is -0.496 e. The first-order valence-electron chi connectivity index (χ1n) is 8.90. The largest absolute Gasteiger partial charge is 0.496 e. The zero-order valence-electron chi connectivity index (χ0n) is 15.9. The Labute approximate surface area is 159 Å². The van der Waals surface area contributed by atoms with Gasteiger partial charge in [-0.2, -0.15) is 0 Å². The quantitative estimate of drug-likeness (QED) is 0.638. The Morgan fingerprint density at radius 2 is 1.93 bits per heavy atom. The van der Waals surface area contributed by atoms with Crippen molar-refractivity contribution in [2.75, 3.05) is 20.8 Å². The molecule has 27 heavy (non-hydrogen) atoms. The summed E-state index contributed by atoms with van der Waals surface area (Å²) in [6, 6.07) is 17.1. The zero-order chi connectivity index (χ0) is 19.2. The molecule has 0 aliphatic rings. The molecule has 0 saturated carbocycles. The Kier molecular flexibility index (Phi) is 6.04. The number of nitrogens with zero attached hydrogens (tertiary/aromatic N) is 2. The number of pyridine rings is 1. The molecule has 1 heterocycles. The van der Waals surface area contributed by atoms with E-state index >= 15 is 0 Å². The highest BCUT2D eigenvalue weighted by atomic mass is 16.5. The lowest BCUT2D eigenvalue weighted by Crippen LogP contribution is -2.40. The average Bonchev–Trinajstić information content (AvgIpc) is 2.71. The van der Waals surface area contributed by atoms with Crippen LogP contribution in [0.4, 0.5) is 0 Å². The maximum Gasteiger partial charge on any atom is 0.254 e. The molecule has 3 rings (SSSR count). The van der Waals surface area contributed by atoms with Gasteiger partial charge in [-0.25, -0.2) is 0 Å². The lowest BCUT2D eigenvalue weighted by Gasteiger charge is -2.29. The molecule has 0 fully saturated rings. The zero-order valence-corrected chi connectivity index (χ0v) is 15.9. The van der Waals surface area contributed by atoms with Gasteiger partial charge in [-0.1, -0.05) is 24.3 Å². The number of ether oxygens (including phenoxy) is 2. The molecule has 140 valence electrons. The van der Waals surface area contributed by atoms with Gasteiger partial charge in [-0.15, -0.1) is 0 Å². The van der Waals surface area contributed by atoms with Crippen molar-refractivity contribution in [1.82, 2.24) is 9.88 Å². The number of benzene rings is 2. The Balaban J connectivity index is 1.94. The fourth-order valence-corrected chi connectivity index (χ4v) is 3.15. The third kappa shape index (κ3) is 4.26. The molecule has 0 unspecified atom stereocenters. The van der Waals surface area contributed by atoms with E-state index in [9.17, 15) is 4.79 Å². The number of carbonyl (C=O) groups is 1. The minimum atomic E-state index is -0.0861. The first-order chi connectivity index (χ1) is 13.1. The van der Waals surface area contributed by atoms with Crippen molar-refractivity contribution in [2.24, 2.45) is 0 Å². The van der Waals surface area contributed by atoms with Gasteiger partial charge in [0.25, 0.3) is 5.91 Å². The van der Waals surface area contributed by atoms with Gasteiger partial charge in [0, 0.05) is 29.8 Å². The number of aromatic nitrogens is 1. The first kappa shape index (κ1) is 18.9. The highest BCUT2D eigenvalue weighted by Crippen LogP contribution is 2.23. The van der Waals surface area contributed by atoms with E-state index in [0.717, 1.165) is 22.2 Å². The van der Waals surface area contributed by atoms with E-state index in [0.29, 0.717) is 18.7 Å². The smallest absolute Gasteiger partial charge is 0.254 e. The fourth-order valence-electron chi connectivity index (χ4n) is 3.15. The summed E-state index contributed by atoms with van der Waals surface area (Å²) in [5, 5.41) is 0.944. The molecule has 5 nitrogen and oxygen atoms in total. The molecule has 1 amide bonds. The number of methoxy groups -OCH3 is 2. The molecule has 0 N–H and O–H groups in total. The molecule has 0 aliphatic heterocycles. The molecule has 0 aliphatic carbocycles. The minimum absolute atomic E-state index is 0.0452. The number of rotatable bonds is 7. The molecule has 0 radical (unpaired) electrons. The van der Waals surface area contributed by atoms with Crippen molar-refractivity contribution in [3.8, 4) is 5.75 Å². The van der Waals surface area contributed by atoms with Crippen LogP contribution in [0.3, 0.4) is 0 Å². The second kappa shape index (κ2) is 8.64. The number of amides is 1. The monoisotopic (exact) mass is 364 g/mol. The van der Waals surface area contributed by atoms with Crippen molar-refractivity contribution in [1.29, 1.82) is 0 Å². The summed E-state index contributed by atoms with van der Waals surface area (Å²) in [6.45, 7) is 2.88. The van der Waals surface area contributed by atoms with Crippen molar-refractivity contribution < 1.29 is 14.3 Å². The normalized spacial score (nSPS) is 12.0. The van der Waals surface area contributed by atoms with Crippen molar-refractivity contribution in [3.63, 3.8) is 0 Å². The van der Waals surface area contributed by atoms with E-state index in [-0.39, 0.29) is 11.9 Å². The van der Waals surface area contributed by atoms with E-state index in [1.807, 2.05) is 66.4 Å². The summed E-state index contributed by atoms with van der Waals surface area (Å²) in [6.07, 6.45) is 1.75.